The fourth-order valence-corrected chi connectivity index (χ4v) is 4.60. The number of carboxylic acids is 1. The minimum absolute atomic E-state index is 0.0207. The molecule has 1 heterocycles. The Morgan fingerprint density at radius 1 is 0.944 bits per heavy atom. The summed E-state index contributed by atoms with van der Waals surface area (Å²) in [6, 6.07) is 15.0. The van der Waals surface area contributed by atoms with E-state index in [-0.39, 0.29) is 25.5 Å². The lowest BCUT2D eigenvalue weighted by atomic mass is 9.82. The van der Waals surface area contributed by atoms with Crippen molar-refractivity contribution in [3.05, 3.63) is 71.3 Å². The molecule has 0 saturated carbocycles. The number of esters is 1. The van der Waals surface area contributed by atoms with Crippen molar-refractivity contribution >= 4 is 23.8 Å². The number of likely N-dealkylation sites (tertiary alicyclic amines) is 1. The van der Waals surface area contributed by atoms with Crippen LogP contribution in [0.2, 0.25) is 0 Å². The lowest BCUT2D eigenvalue weighted by Crippen LogP contribution is -2.45. The number of ketones is 1. The van der Waals surface area contributed by atoms with E-state index in [1.165, 1.54) is 0 Å². The lowest BCUT2D eigenvalue weighted by molar-refractivity contribution is -0.150. The van der Waals surface area contributed by atoms with E-state index < -0.39 is 42.3 Å². The molecule has 0 bridgehead atoms. The quantitative estimate of drug-likeness (QED) is 0.361. The van der Waals surface area contributed by atoms with Gasteiger partial charge < -0.3 is 14.6 Å². The van der Waals surface area contributed by atoms with Gasteiger partial charge in [0.05, 0.1) is 13.0 Å². The number of ether oxygens (including phenoxy) is 2. The molecule has 0 aliphatic carbocycles. The van der Waals surface area contributed by atoms with Crippen molar-refractivity contribution in [3.8, 4) is 0 Å². The first-order valence-corrected chi connectivity index (χ1v) is 12.3. The van der Waals surface area contributed by atoms with Gasteiger partial charge in [-0.2, -0.15) is 0 Å². The number of aryl methyl sites for hydroxylation is 1. The number of carboxylic acid groups (broad SMARTS) is 1. The molecule has 0 spiro atoms. The molecule has 192 valence electrons. The van der Waals surface area contributed by atoms with Crippen LogP contribution in [0.3, 0.4) is 0 Å². The molecule has 1 fully saturated rings. The van der Waals surface area contributed by atoms with Crippen molar-refractivity contribution in [2.45, 2.75) is 52.2 Å². The second-order valence-electron chi connectivity index (χ2n) is 8.92. The fourth-order valence-electron chi connectivity index (χ4n) is 4.60. The van der Waals surface area contributed by atoms with Crippen LogP contribution in [-0.2, 0) is 32.1 Å². The Labute approximate surface area is 211 Å². The largest absolute Gasteiger partial charge is 0.481 e. The molecular weight excluding hydrogens is 462 g/mol. The van der Waals surface area contributed by atoms with Crippen molar-refractivity contribution in [2.75, 3.05) is 13.2 Å². The molecule has 0 aromatic heterocycles. The van der Waals surface area contributed by atoms with Gasteiger partial charge in [-0.05, 0) is 30.9 Å². The Morgan fingerprint density at radius 2 is 1.64 bits per heavy atom. The van der Waals surface area contributed by atoms with Gasteiger partial charge in [-0.1, -0.05) is 67.9 Å². The summed E-state index contributed by atoms with van der Waals surface area (Å²) >= 11 is 0. The van der Waals surface area contributed by atoms with Crippen LogP contribution in [0.1, 0.15) is 54.6 Å². The number of carbonyl (C=O) groups is 4. The normalized spacial score (nSPS) is 19.1. The number of hydrogen-bond donors (Lipinski definition) is 1. The minimum Gasteiger partial charge on any atom is -0.481 e. The molecule has 8 nitrogen and oxygen atoms in total. The average Bonchev–Trinajstić information content (AvgIpc) is 3.25. The molecule has 1 amide bonds. The Balaban J connectivity index is 1.86. The van der Waals surface area contributed by atoms with Crippen LogP contribution in [0, 0.1) is 11.8 Å². The van der Waals surface area contributed by atoms with E-state index in [4.69, 9.17) is 9.47 Å². The molecule has 3 atom stereocenters. The summed E-state index contributed by atoms with van der Waals surface area (Å²) < 4.78 is 10.6. The summed E-state index contributed by atoms with van der Waals surface area (Å²) in [5, 5.41) is 9.57. The van der Waals surface area contributed by atoms with Crippen LogP contribution < -0.4 is 0 Å². The summed E-state index contributed by atoms with van der Waals surface area (Å²) in [4.78, 5) is 52.3. The van der Waals surface area contributed by atoms with Gasteiger partial charge in [-0.25, -0.2) is 9.59 Å². The predicted octanol–water partition coefficient (Wildman–Crippen LogP) is 4.50. The average molecular weight is 496 g/mol. The number of benzene rings is 2. The van der Waals surface area contributed by atoms with Gasteiger partial charge in [0.2, 0.25) is 0 Å². The van der Waals surface area contributed by atoms with Gasteiger partial charge in [0, 0.05) is 23.9 Å². The molecule has 2 aromatic carbocycles. The molecule has 3 rings (SSSR count). The Kier molecular flexibility index (Phi) is 9.61. The SMILES string of the molecule is CCCCc1ccc(C(=O)[C@H]2CN(C(=O)OCc3ccccc3)[C@H](C(=O)OCC)[C@H]2CC(=O)O)cc1. The Bertz CT molecular complexity index is 1050. The molecule has 0 radical (unpaired) electrons. The van der Waals surface area contributed by atoms with Crippen LogP contribution in [0.5, 0.6) is 0 Å². The van der Waals surface area contributed by atoms with Gasteiger partial charge in [0.1, 0.15) is 12.6 Å². The molecular formula is C28H33NO7. The van der Waals surface area contributed by atoms with E-state index in [9.17, 15) is 24.3 Å². The third-order valence-electron chi connectivity index (χ3n) is 6.42. The first-order chi connectivity index (χ1) is 17.3. The highest BCUT2D eigenvalue weighted by atomic mass is 16.6. The molecule has 1 aliphatic rings. The first-order valence-electron chi connectivity index (χ1n) is 12.3. The molecule has 36 heavy (non-hydrogen) atoms. The Morgan fingerprint density at radius 3 is 2.25 bits per heavy atom. The van der Waals surface area contributed by atoms with E-state index in [1.807, 2.05) is 30.3 Å². The Hall–Kier alpha value is -3.68. The summed E-state index contributed by atoms with van der Waals surface area (Å²) in [5.41, 5.74) is 2.28. The minimum atomic E-state index is -1.23. The van der Waals surface area contributed by atoms with Crippen LogP contribution >= 0.6 is 0 Å². The summed E-state index contributed by atoms with van der Waals surface area (Å²) in [7, 11) is 0. The van der Waals surface area contributed by atoms with Gasteiger partial charge in [0.25, 0.3) is 0 Å². The number of hydrogen-bond acceptors (Lipinski definition) is 6. The number of Topliss-reactive ketones (excluding diaryl/α,β-unsaturated/α-hetero) is 1. The highest BCUT2D eigenvalue weighted by Crippen LogP contribution is 2.36. The number of rotatable bonds is 11. The summed E-state index contributed by atoms with van der Waals surface area (Å²) in [6.45, 7) is 3.63. The van der Waals surface area contributed by atoms with Crippen molar-refractivity contribution in [1.29, 1.82) is 0 Å². The van der Waals surface area contributed by atoms with Gasteiger partial charge in [0.15, 0.2) is 5.78 Å². The fraction of sp³-hybridized carbons (Fsp3) is 0.429. The molecule has 1 N–H and O–H groups in total. The van der Waals surface area contributed by atoms with Crippen molar-refractivity contribution in [2.24, 2.45) is 11.8 Å². The standard InChI is InChI=1S/C28H33NO7/c1-3-5-9-19-12-14-21(15-13-19)26(32)23-17-29(28(34)36-18-20-10-7-6-8-11-20)25(27(33)35-4-2)22(23)16-24(30)31/h6-8,10-15,22-23,25H,3-5,9,16-18H2,1-2H3,(H,30,31)/t22-,23-,25-/m0/s1. The molecule has 1 saturated heterocycles. The third-order valence-corrected chi connectivity index (χ3v) is 6.42. The molecule has 1 aliphatic heterocycles. The number of amides is 1. The van der Waals surface area contributed by atoms with E-state index in [2.05, 4.69) is 6.92 Å². The van der Waals surface area contributed by atoms with E-state index in [1.54, 1.807) is 31.2 Å². The summed E-state index contributed by atoms with van der Waals surface area (Å²) in [5.74, 6) is -4.05. The second kappa shape index (κ2) is 12.9. The van der Waals surface area contributed by atoms with Crippen LogP contribution in [0.15, 0.2) is 54.6 Å². The van der Waals surface area contributed by atoms with Crippen molar-refractivity contribution in [1.82, 2.24) is 4.90 Å². The second-order valence-corrected chi connectivity index (χ2v) is 8.92. The first kappa shape index (κ1) is 26.9. The topological polar surface area (TPSA) is 110 Å². The zero-order chi connectivity index (χ0) is 26.1. The van der Waals surface area contributed by atoms with Crippen molar-refractivity contribution < 1.29 is 33.8 Å². The highest BCUT2D eigenvalue weighted by Gasteiger charge is 2.52. The lowest BCUT2D eigenvalue weighted by Gasteiger charge is -2.25. The monoisotopic (exact) mass is 495 g/mol. The molecule has 0 unspecified atom stereocenters. The van der Waals surface area contributed by atoms with E-state index >= 15 is 0 Å². The van der Waals surface area contributed by atoms with E-state index in [0.717, 1.165) is 35.3 Å². The molecule has 8 heteroatoms. The maximum Gasteiger partial charge on any atom is 0.410 e. The van der Waals surface area contributed by atoms with Crippen LogP contribution in [0.25, 0.3) is 0 Å². The van der Waals surface area contributed by atoms with Crippen LogP contribution in [-0.4, -0.2) is 53.0 Å². The smallest absolute Gasteiger partial charge is 0.410 e. The highest BCUT2D eigenvalue weighted by molar-refractivity contribution is 6.00. The maximum atomic E-state index is 13.5. The summed E-state index contributed by atoms with van der Waals surface area (Å²) in [6.07, 6.45) is 1.75. The van der Waals surface area contributed by atoms with Gasteiger partial charge in [-0.15, -0.1) is 0 Å². The van der Waals surface area contributed by atoms with E-state index in [0.29, 0.717) is 5.56 Å². The van der Waals surface area contributed by atoms with Gasteiger partial charge in [-0.3, -0.25) is 14.5 Å². The van der Waals surface area contributed by atoms with Crippen LogP contribution in [0.4, 0.5) is 4.79 Å². The van der Waals surface area contributed by atoms with Crippen molar-refractivity contribution in [3.63, 3.8) is 0 Å². The number of nitrogens with zero attached hydrogens (tertiary/aromatic N) is 1. The molecule has 2 aromatic rings. The number of unbranched alkanes of at least 4 members (excludes halogenated alkanes) is 1. The zero-order valence-electron chi connectivity index (χ0n) is 20.7. The number of aliphatic carboxylic acids is 1. The third kappa shape index (κ3) is 6.71. The number of carbonyl (C=O) groups excluding carboxylic acids is 3. The predicted molar refractivity (Wildman–Crippen MR) is 132 cm³/mol. The van der Waals surface area contributed by atoms with Gasteiger partial charge >= 0.3 is 18.0 Å². The maximum absolute atomic E-state index is 13.5. The zero-order valence-corrected chi connectivity index (χ0v) is 20.7.